The minimum Gasteiger partial charge on any atom is -0.322 e. The SMILES string of the molecule is CC1CCNC1c1nc2cccc(Cl)c2n1C1CC1. The van der Waals surface area contributed by atoms with Crippen LogP contribution < -0.4 is 5.32 Å². The number of rotatable bonds is 2. The van der Waals surface area contributed by atoms with Crippen LogP contribution in [0.1, 0.15) is 44.1 Å². The molecule has 0 radical (unpaired) electrons. The van der Waals surface area contributed by atoms with Crippen LogP contribution in [0.15, 0.2) is 18.2 Å². The fourth-order valence-corrected chi connectivity index (χ4v) is 3.49. The highest BCUT2D eigenvalue weighted by Crippen LogP contribution is 2.43. The summed E-state index contributed by atoms with van der Waals surface area (Å²) in [6.45, 7) is 3.40. The molecule has 100 valence electrons. The maximum atomic E-state index is 6.41. The molecule has 2 atom stereocenters. The molecule has 19 heavy (non-hydrogen) atoms. The van der Waals surface area contributed by atoms with E-state index in [4.69, 9.17) is 16.6 Å². The lowest BCUT2D eigenvalue weighted by Crippen LogP contribution is -2.21. The number of benzene rings is 1. The molecule has 4 heteroatoms. The van der Waals surface area contributed by atoms with E-state index in [0.717, 1.165) is 22.6 Å². The zero-order valence-electron chi connectivity index (χ0n) is 11.1. The Kier molecular flexibility index (Phi) is 2.61. The number of aromatic nitrogens is 2. The highest BCUT2D eigenvalue weighted by Gasteiger charge is 2.35. The topological polar surface area (TPSA) is 29.9 Å². The number of fused-ring (bicyclic) bond motifs is 1. The average molecular weight is 276 g/mol. The average Bonchev–Trinajstić information content (AvgIpc) is 3.02. The largest absolute Gasteiger partial charge is 0.322 e. The lowest BCUT2D eigenvalue weighted by molar-refractivity contribution is 0.460. The second-order valence-electron chi connectivity index (χ2n) is 5.88. The van der Waals surface area contributed by atoms with E-state index < -0.39 is 0 Å². The van der Waals surface area contributed by atoms with Crippen molar-refractivity contribution in [2.75, 3.05) is 6.54 Å². The molecule has 0 bridgehead atoms. The van der Waals surface area contributed by atoms with Crippen LogP contribution in [0, 0.1) is 5.92 Å². The van der Waals surface area contributed by atoms with Crippen LogP contribution in [-0.2, 0) is 0 Å². The van der Waals surface area contributed by atoms with Crippen molar-refractivity contribution in [3.05, 3.63) is 29.0 Å². The number of para-hydroxylation sites is 1. The van der Waals surface area contributed by atoms with Gasteiger partial charge >= 0.3 is 0 Å². The zero-order chi connectivity index (χ0) is 13.0. The van der Waals surface area contributed by atoms with Crippen LogP contribution in [0.2, 0.25) is 5.02 Å². The highest BCUT2D eigenvalue weighted by atomic mass is 35.5. The first-order valence-electron chi connectivity index (χ1n) is 7.15. The normalized spacial score (nSPS) is 27.3. The molecule has 2 fully saturated rings. The van der Waals surface area contributed by atoms with Crippen molar-refractivity contribution in [2.45, 2.75) is 38.3 Å². The molecule has 0 spiro atoms. The zero-order valence-corrected chi connectivity index (χ0v) is 11.8. The Morgan fingerprint density at radius 2 is 2.16 bits per heavy atom. The summed E-state index contributed by atoms with van der Waals surface area (Å²) in [5.74, 6) is 1.84. The number of nitrogens with zero attached hydrogens (tertiary/aromatic N) is 2. The maximum Gasteiger partial charge on any atom is 0.127 e. The minimum atomic E-state index is 0.379. The summed E-state index contributed by atoms with van der Waals surface area (Å²) in [5.41, 5.74) is 2.16. The molecular formula is C15H18ClN3. The third kappa shape index (κ3) is 1.79. The second kappa shape index (κ2) is 4.22. The molecular weight excluding hydrogens is 258 g/mol. The number of hydrogen-bond acceptors (Lipinski definition) is 2. The first kappa shape index (κ1) is 11.7. The quantitative estimate of drug-likeness (QED) is 0.906. The molecule has 3 nitrogen and oxygen atoms in total. The monoisotopic (exact) mass is 275 g/mol. The fraction of sp³-hybridized carbons (Fsp3) is 0.533. The molecule has 1 aliphatic heterocycles. The van der Waals surface area contributed by atoms with Crippen molar-refractivity contribution >= 4 is 22.6 Å². The Balaban J connectivity index is 1.94. The molecule has 1 N–H and O–H groups in total. The molecule has 1 saturated carbocycles. The summed E-state index contributed by atoms with van der Waals surface area (Å²) >= 11 is 6.41. The molecule has 1 aromatic carbocycles. The van der Waals surface area contributed by atoms with Crippen molar-refractivity contribution in [3.63, 3.8) is 0 Å². The van der Waals surface area contributed by atoms with Crippen molar-refractivity contribution in [2.24, 2.45) is 5.92 Å². The van der Waals surface area contributed by atoms with Gasteiger partial charge in [0.2, 0.25) is 0 Å². The van der Waals surface area contributed by atoms with Gasteiger partial charge < -0.3 is 9.88 Å². The van der Waals surface area contributed by atoms with Crippen LogP contribution in [0.4, 0.5) is 0 Å². The van der Waals surface area contributed by atoms with Crippen LogP contribution in [0.5, 0.6) is 0 Å². The van der Waals surface area contributed by atoms with Gasteiger partial charge in [0.25, 0.3) is 0 Å². The van der Waals surface area contributed by atoms with Gasteiger partial charge in [0.1, 0.15) is 5.82 Å². The van der Waals surface area contributed by atoms with E-state index in [2.05, 4.69) is 22.9 Å². The van der Waals surface area contributed by atoms with Crippen LogP contribution in [0.3, 0.4) is 0 Å². The Labute approximate surface area is 118 Å². The van der Waals surface area contributed by atoms with Crippen molar-refractivity contribution in [1.82, 2.24) is 14.9 Å². The number of halogens is 1. The van der Waals surface area contributed by atoms with Gasteiger partial charge in [-0.15, -0.1) is 0 Å². The first-order chi connectivity index (χ1) is 9.25. The van der Waals surface area contributed by atoms with Crippen molar-refractivity contribution in [3.8, 4) is 0 Å². The van der Waals surface area contributed by atoms with Gasteiger partial charge in [0, 0.05) is 6.04 Å². The fourth-order valence-electron chi connectivity index (χ4n) is 3.23. The van der Waals surface area contributed by atoms with E-state index in [1.807, 2.05) is 12.1 Å². The molecule has 0 amide bonds. The molecule has 1 saturated heterocycles. The maximum absolute atomic E-state index is 6.41. The van der Waals surface area contributed by atoms with E-state index in [-0.39, 0.29) is 0 Å². The highest BCUT2D eigenvalue weighted by molar-refractivity contribution is 6.35. The number of imidazole rings is 1. The van der Waals surface area contributed by atoms with Crippen molar-refractivity contribution in [1.29, 1.82) is 0 Å². The molecule has 2 heterocycles. The van der Waals surface area contributed by atoms with E-state index in [1.54, 1.807) is 0 Å². The van der Waals surface area contributed by atoms with Gasteiger partial charge in [0.05, 0.1) is 22.1 Å². The minimum absolute atomic E-state index is 0.379. The van der Waals surface area contributed by atoms with Crippen molar-refractivity contribution < 1.29 is 0 Å². The third-order valence-electron chi connectivity index (χ3n) is 4.41. The van der Waals surface area contributed by atoms with Crippen LogP contribution >= 0.6 is 11.6 Å². The Hall–Kier alpha value is -1.06. The van der Waals surface area contributed by atoms with E-state index in [9.17, 15) is 0 Å². The number of nitrogens with one attached hydrogen (secondary N) is 1. The lowest BCUT2D eigenvalue weighted by atomic mass is 10.0. The predicted molar refractivity (Wildman–Crippen MR) is 77.5 cm³/mol. The summed E-state index contributed by atoms with van der Waals surface area (Å²) in [7, 11) is 0. The Morgan fingerprint density at radius 3 is 2.84 bits per heavy atom. The van der Waals surface area contributed by atoms with Gasteiger partial charge in [-0.1, -0.05) is 24.6 Å². The Bertz CT molecular complexity index is 630. The summed E-state index contributed by atoms with van der Waals surface area (Å²) in [6, 6.07) is 7.02. The first-order valence-corrected chi connectivity index (χ1v) is 7.53. The van der Waals surface area contributed by atoms with E-state index >= 15 is 0 Å². The standard InChI is InChI=1S/C15H18ClN3/c1-9-7-8-17-13(9)15-18-12-4-2-3-11(16)14(12)19(15)10-5-6-10/h2-4,9-10,13,17H,5-8H2,1H3. The van der Waals surface area contributed by atoms with Crippen LogP contribution in [0.25, 0.3) is 11.0 Å². The summed E-state index contributed by atoms with van der Waals surface area (Å²) in [6.07, 6.45) is 3.74. The van der Waals surface area contributed by atoms with Crippen LogP contribution in [-0.4, -0.2) is 16.1 Å². The van der Waals surface area contributed by atoms with Gasteiger partial charge in [0.15, 0.2) is 0 Å². The van der Waals surface area contributed by atoms with Gasteiger partial charge in [-0.3, -0.25) is 0 Å². The molecule has 1 aromatic heterocycles. The third-order valence-corrected chi connectivity index (χ3v) is 4.72. The lowest BCUT2D eigenvalue weighted by Gasteiger charge is -2.17. The summed E-state index contributed by atoms with van der Waals surface area (Å²) < 4.78 is 2.40. The van der Waals surface area contributed by atoms with Gasteiger partial charge in [-0.05, 0) is 43.9 Å². The Morgan fingerprint density at radius 1 is 1.32 bits per heavy atom. The second-order valence-corrected chi connectivity index (χ2v) is 6.28. The van der Waals surface area contributed by atoms with E-state index in [0.29, 0.717) is 18.0 Å². The molecule has 4 rings (SSSR count). The smallest absolute Gasteiger partial charge is 0.127 e. The summed E-state index contributed by atoms with van der Waals surface area (Å²) in [5, 5.41) is 4.43. The van der Waals surface area contributed by atoms with Gasteiger partial charge in [-0.25, -0.2) is 4.98 Å². The molecule has 2 unspecified atom stereocenters. The number of hydrogen-bond donors (Lipinski definition) is 1. The van der Waals surface area contributed by atoms with E-state index in [1.165, 1.54) is 25.1 Å². The predicted octanol–water partition coefficient (Wildman–Crippen LogP) is 3.70. The molecule has 2 aromatic rings. The van der Waals surface area contributed by atoms with Gasteiger partial charge in [-0.2, -0.15) is 0 Å². The summed E-state index contributed by atoms with van der Waals surface area (Å²) in [4.78, 5) is 4.88. The molecule has 2 aliphatic rings. The molecule has 1 aliphatic carbocycles.